The molecular weight excluding hydrogens is 320 g/mol. The lowest BCUT2D eigenvalue weighted by Crippen LogP contribution is -2.09. The molecule has 0 bridgehead atoms. The molecule has 0 unspecified atom stereocenters. The maximum atomic E-state index is 5.92. The van der Waals surface area contributed by atoms with E-state index < -0.39 is 0 Å². The average molecular weight is 335 g/mol. The number of aryl methyl sites for hydroxylation is 1. The highest BCUT2D eigenvalue weighted by Crippen LogP contribution is 2.21. The Morgan fingerprint density at radius 3 is 2.82 bits per heavy atom. The summed E-state index contributed by atoms with van der Waals surface area (Å²) in [5, 5.41) is 8.83. The lowest BCUT2D eigenvalue weighted by Gasteiger charge is -2.06. The molecule has 6 nitrogen and oxygen atoms in total. The molecule has 0 aliphatic carbocycles. The predicted octanol–water partition coefficient (Wildman–Crippen LogP) is 2.80. The number of aromatic nitrogens is 4. The van der Waals surface area contributed by atoms with Crippen LogP contribution in [0, 0.1) is 0 Å². The molecule has 2 heterocycles. The van der Waals surface area contributed by atoms with Gasteiger partial charge in [-0.15, -0.1) is 11.8 Å². The number of hydrogen-bond acceptors (Lipinski definition) is 6. The molecule has 0 radical (unpaired) electrons. The van der Waals surface area contributed by atoms with Crippen LogP contribution >= 0.6 is 23.4 Å². The van der Waals surface area contributed by atoms with Gasteiger partial charge in [0.05, 0.1) is 11.6 Å². The first-order chi connectivity index (χ1) is 10.6. The third kappa shape index (κ3) is 3.26. The minimum absolute atomic E-state index is 0.436. The zero-order chi connectivity index (χ0) is 15.5. The van der Waals surface area contributed by atoms with Crippen LogP contribution in [0.15, 0.2) is 35.4 Å². The number of anilines is 2. The number of halogens is 1. The van der Waals surface area contributed by atoms with Gasteiger partial charge in [-0.05, 0) is 24.3 Å². The lowest BCUT2D eigenvalue weighted by molar-refractivity contribution is 0.785. The van der Waals surface area contributed by atoms with Crippen LogP contribution in [0.2, 0.25) is 5.02 Å². The van der Waals surface area contributed by atoms with E-state index in [9.17, 15) is 0 Å². The van der Waals surface area contributed by atoms with Gasteiger partial charge in [-0.3, -0.25) is 4.68 Å². The van der Waals surface area contributed by atoms with Gasteiger partial charge in [0.25, 0.3) is 0 Å². The second-order valence-corrected chi connectivity index (χ2v) is 6.27. The molecule has 22 heavy (non-hydrogen) atoms. The van der Waals surface area contributed by atoms with Crippen LogP contribution in [-0.2, 0) is 7.05 Å². The van der Waals surface area contributed by atoms with Crippen LogP contribution in [0.1, 0.15) is 0 Å². The molecule has 0 fully saturated rings. The third-order valence-electron chi connectivity index (χ3n) is 3.09. The molecule has 0 saturated heterocycles. The number of hydrogen-bond donors (Lipinski definition) is 2. The van der Waals surface area contributed by atoms with E-state index in [1.807, 2.05) is 31.3 Å². The van der Waals surface area contributed by atoms with E-state index in [0.717, 1.165) is 28.4 Å². The number of rotatable bonds is 5. The van der Waals surface area contributed by atoms with Crippen LogP contribution in [0.5, 0.6) is 0 Å². The smallest absolute Gasteiger partial charge is 0.226 e. The fourth-order valence-corrected chi connectivity index (χ4v) is 2.88. The first-order valence-corrected chi connectivity index (χ1v) is 8.07. The van der Waals surface area contributed by atoms with Crippen LogP contribution in [0.3, 0.4) is 0 Å². The van der Waals surface area contributed by atoms with Crippen molar-refractivity contribution in [2.45, 2.75) is 4.90 Å². The van der Waals surface area contributed by atoms with Gasteiger partial charge < -0.3 is 11.1 Å². The highest BCUT2D eigenvalue weighted by atomic mass is 35.5. The first-order valence-electron chi connectivity index (χ1n) is 6.71. The van der Waals surface area contributed by atoms with Crippen molar-refractivity contribution in [3.8, 4) is 0 Å². The summed E-state index contributed by atoms with van der Waals surface area (Å²) < 4.78 is 1.68. The van der Waals surface area contributed by atoms with E-state index >= 15 is 0 Å². The molecule has 3 aromatic rings. The van der Waals surface area contributed by atoms with Crippen LogP contribution < -0.4 is 11.1 Å². The summed E-state index contributed by atoms with van der Waals surface area (Å²) in [6.07, 6.45) is 1.67. The van der Waals surface area contributed by atoms with Gasteiger partial charge >= 0.3 is 0 Å². The van der Waals surface area contributed by atoms with Gasteiger partial charge in [-0.1, -0.05) is 11.6 Å². The van der Waals surface area contributed by atoms with Crippen molar-refractivity contribution >= 4 is 46.2 Å². The molecule has 0 atom stereocenters. The van der Waals surface area contributed by atoms with Crippen molar-refractivity contribution in [3.05, 3.63) is 35.5 Å². The SMILES string of the molecule is Cn1ncc2c(N)nc(NCCSc3ccc(Cl)cc3)nc21. The minimum atomic E-state index is 0.436. The fraction of sp³-hybridized carbons (Fsp3) is 0.214. The van der Waals surface area contributed by atoms with Gasteiger partial charge in [0, 0.05) is 29.3 Å². The highest BCUT2D eigenvalue weighted by molar-refractivity contribution is 7.99. The van der Waals surface area contributed by atoms with Crippen molar-refractivity contribution in [1.29, 1.82) is 0 Å². The van der Waals surface area contributed by atoms with Gasteiger partial charge in [-0.25, -0.2) is 0 Å². The van der Waals surface area contributed by atoms with Gasteiger partial charge in [-0.2, -0.15) is 15.1 Å². The average Bonchev–Trinajstić information content (AvgIpc) is 2.88. The number of nitrogens with one attached hydrogen (secondary N) is 1. The van der Waals surface area contributed by atoms with Crippen molar-refractivity contribution in [2.24, 2.45) is 7.05 Å². The Hall–Kier alpha value is -1.99. The molecule has 0 aliphatic heterocycles. The zero-order valence-corrected chi connectivity index (χ0v) is 13.5. The molecule has 2 aromatic heterocycles. The third-order valence-corrected chi connectivity index (χ3v) is 4.35. The van der Waals surface area contributed by atoms with E-state index in [1.165, 1.54) is 4.90 Å². The number of nitrogens with two attached hydrogens (primary N) is 1. The second-order valence-electron chi connectivity index (χ2n) is 4.67. The number of nitrogens with zero attached hydrogens (tertiary/aromatic N) is 4. The molecule has 1 aromatic carbocycles. The Labute approximate surface area is 137 Å². The second kappa shape index (κ2) is 6.41. The van der Waals surface area contributed by atoms with E-state index in [-0.39, 0.29) is 0 Å². The Morgan fingerprint density at radius 1 is 1.27 bits per heavy atom. The maximum Gasteiger partial charge on any atom is 0.226 e. The Bertz CT molecular complexity index is 786. The Morgan fingerprint density at radius 2 is 2.05 bits per heavy atom. The molecule has 0 aliphatic rings. The normalized spacial score (nSPS) is 11.0. The molecule has 3 rings (SSSR count). The van der Waals surface area contributed by atoms with Crippen molar-refractivity contribution in [2.75, 3.05) is 23.3 Å². The van der Waals surface area contributed by atoms with Gasteiger partial charge in [0.2, 0.25) is 5.95 Å². The molecule has 114 valence electrons. The summed E-state index contributed by atoms with van der Waals surface area (Å²) >= 11 is 7.60. The fourth-order valence-electron chi connectivity index (χ4n) is 1.99. The van der Waals surface area contributed by atoms with E-state index in [1.54, 1.807) is 22.6 Å². The van der Waals surface area contributed by atoms with Crippen LogP contribution in [0.25, 0.3) is 11.0 Å². The summed E-state index contributed by atoms with van der Waals surface area (Å²) in [5.74, 6) is 1.84. The number of fused-ring (bicyclic) bond motifs is 1. The van der Waals surface area contributed by atoms with E-state index in [2.05, 4.69) is 20.4 Å². The van der Waals surface area contributed by atoms with Crippen molar-refractivity contribution < 1.29 is 0 Å². The largest absolute Gasteiger partial charge is 0.383 e. The van der Waals surface area contributed by atoms with E-state index in [0.29, 0.717) is 11.8 Å². The highest BCUT2D eigenvalue weighted by Gasteiger charge is 2.08. The maximum absolute atomic E-state index is 5.92. The minimum Gasteiger partial charge on any atom is -0.383 e. The van der Waals surface area contributed by atoms with Crippen LogP contribution in [-0.4, -0.2) is 32.0 Å². The zero-order valence-electron chi connectivity index (χ0n) is 12.0. The summed E-state index contributed by atoms with van der Waals surface area (Å²) in [6, 6.07) is 7.78. The number of nitrogen functional groups attached to an aromatic ring is 1. The van der Waals surface area contributed by atoms with Gasteiger partial charge in [0.1, 0.15) is 5.82 Å². The molecule has 0 amide bonds. The summed E-state index contributed by atoms with van der Waals surface area (Å²) in [5.41, 5.74) is 6.64. The van der Waals surface area contributed by atoms with Crippen molar-refractivity contribution in [3.63, 3.8) is 0 Å². The van der Waals surface area contributed by atoms with Gasteiger partial charge in [0.15, 0.2) is 5.65 Å². The number of benzene rings is 1. The van der Waals surface area contributed by atoms with Crippen LogP contribution in [0.4, 0.5) is 11.8 Å². The number of thioether (sulfide) groups is 1. The molecule has 0 saturated carbocycles. The quantitative estimate of drug-likeness (QED) is 0.551. The van der Waals surface area contributed by atoms with E-state index in [4.69, 9.17) is 17.3 Å². The molecule has 8 heteroatoms. The van der Waals surface area contributed by atoms with Crippen molar-refractivity contribution in [1.82, 2.24) is 19.7 Å². The first kappa shape index (κ1) is 14.9. The topological polar surface area (TPSA) is 81.7 Å². The molecule has 3 N–H and O–H groups in total. The molecule has 0 spiro atoms. The summed E-state index contributed by atoms with van der Waals surface area (Å²) in [7, 11) is 1.83. The summed E-state index contributed by atoms with van der Waals surface area (Å²) in [4.78, 5) is 9.84. The Balaban J connectivity index is 1.59. The lowest BCUT2D eigenvalue weighted by atomic mass is 10.4. The monoisotopic (exact) mass is 334 g/mol. The molecular formula is C14H15ClN6S. The standard InChI is InChI=1S/C14H15ClN6S/c1-21-13-11(8-18-21)12(16)19-14(20-13)17-6-7-22-10-4-2-9(15)3-5-10/h2-5,8H,6-7H2,1H3,(H3,16,17,19,20). The summed E-state index contributed by atoms with van der Waals surface area (Å²) in [6.45, 7) is 0.732. The Kier molecular flexibility index (Phi) is 4.35. The predicted molar refractivity (Wildman–Crippen MR) is 91.4 cm³/mol.